The fraction of sp³-hybridized carbons (Fsp3) is 0.688. The Morgan fingerprint density at radius 2 is 1.95 bits per heavy atom. The Morgan fingerprint density at radius 1 is 1.41 bits per heavy atom. The zero-order valence-electron chi connectivity index (χ0n) is 14.5. The number of aliphatic imine (C=N–C) groups is 1. The molecule has 1 rings (SSSR count). The summed E-state index contributed by atoms with van der Waals surface area (Å²) in [5.41, 5.74) is -0.480. The minimum atomic E-state index is -0.480. The van der Waals surface area contributed by atoms with Crippen LogP contribution in [-0.2, 0) is 4.74 Å². The molecule has 2 N–H and O–H groups in total. The molecule has 1 aliphatic rings. The van der Waals surface area contributed by atoms with Crippen LogP contribution in [0.15, 0.2) is 17.6 Å². The Bertz CT molecular complexity index is 397. The van der Waals surface area contributed by atoms with Gasteiger partial charge in [0.1, 0.15) is 5.60 Å². The zero-order chi connectivity index (χ0) is 17.2. The molecule has 1 amide bonds. The van der Waals surface area contributed by atoms with E-state index in [0.717, 1.165) is 12.8 Å². The third-order valence-electron chi connectivity index (χ3n) is 2.82. The Morgan fingerprint density at radius 3 is 2.41 bits per heavy atom. The molecule has 0 aliphatic carbocycles. The van der Waals surface area contributed by atoms with Gasteiger partial charge in [-0.2, -0.15) is 0 Å². The van der Waals surface area contributed by atoms with Gasteiger partial charge in [-0.1, -0.05) is 26.5 Å². The molecule has 6 nitrogen and oxygen atoms in total. The van der Waals surface area contributed by atoms with Crippen LogP contribution >= 0.6 is 0 Å². The summed E-state index contributed by atoms with van der Waals surface area (Å²) in [5.74, 6) is 0.237. The molecule has 1 aliphatic heterocycles. The monoisotopic (exact) mass is 312 g/mol. The van der Waals surface area contributed by atoms with E-state index in [9.17, 15) is 4.79 Å². The van der Waals surface area contributed by atoms with E-state index in [-0.39, 0.29) is 19.5 Å². The molecule has 0 unspecified atom stereocenters. The Kier molecular flexibility index (Phi) is 9.13. The van der Waals surface area contributed by atoms with Crippen LogP contribution in [0.25, 0.3) is 0 Å². The van der Waals surface area contributed by atoms with Crippen LogP contribution in [-0.4, -0.2) is 47.9 Å². The van der Waals surface area contributed by atoms with Gasteiger partial charge in [-0.05, 0) is 33.6 Å². The number of allylic oxidation sites excluding steroid dienone is 1. The van der Waals surface area contributed by atoms with Crippen molar-refractivity contribution < 1.29 is 11.0 Å². The Hall–Kier alpha value is -1.85. The highest BCUT2D eigenvalue weighted by molar-refractivity contribution is 5.88. The molecule has 22 heavy (non-hydrogen) atoms. The second-order valence-electron chi connectivity index (χ2n) is 5.75. The number of likely N-dealkylation sites (tertiary alicyclic amines) is 1. The molecule has 1 saturated heterocycles. The molecule has 6 heteroatoms. The topological polar surface area (TPSA) is 77.8 Å². The van der Waals surface area contributed by atoms with Crippen molar-refractivity contribution in [2.75, 3.05) is 13.1 Å². The number of nitrogens with zero attached hydrogens (tertiary/aromatic N) is 2. The minimum Gasteiger partial charge on any atom is -0.444 e. The lowest BCUT2D eigenvalue weighted by Crippen LogP contribution is -2.47. The van der Waals surface area contributed by atoms with Gasteiger partial charge in [-0.3, -0.25) is 5.41 Å². The van der Waals surface area contributed by atoms with Gasteiger partial charge < -0.3 is 15.0 Å². The van der Waals surface area contributed by atoms with E-state index >= 15 is 0 Å². The van der Waals surface area contributed by atoms with Gasteiger partial charge in [0.2, 0.25) is 5.96 Å². The number of guanidine groups is 1. The lowest BCUT2D eigenvalue weighted by molar-refractivity contribution is 0.0488. The molecule has 0 atom stereocenters. The molecule has 0 spiro atoms. The molecule has 1 fully saturated rings. The molecule has 128 valence electrons. The van der Waals surface area contributed by atoms with E-state index in [1.54, 1.807) is 6.08 Å². The molecular formula is C16H32N4O2. The van der Waals surface area contributed by atoms with Gasteiger partial charge in [-0.25, -0.2) is 9.79 Å². The summed E-state index contributed by atoms with van der Waals surface area (Å²) in [4.78, 5) is 17.5. The average Bonchev–Trinajstić information content (AvgIpc) is 2.45. The number of carbonyl (C=O) groups excluding carboxylic acids is 1. The summed E-state index contributed by atoms with van der Waals surface area (Å²) in [7, 11) is 0. The van der Waals surface area contributed by atoms with Crippen LogP contribution in [0.3, 0.4) is 0 Å². The van der Waals surface area contributed by atoms with Crippen LogP contribution in [0, 0.1) is 5.41 Å². The first kappa shape index (κ1) is 20.1. The van der Waals surface area contributed by atoms with Crippen molar-refractivity contribution in [2.45, 2.75) is 59.1 Å². The second-order valence-corrected chi connectivity index (χ2v) is 5.75. The first-order valence-corrected chi connectivity index (χ1v) is 7.80. The predicted molar refractivity (Wildman–Crippen MR) is 93.8 cm³/mol. The van der Waals surface area contributed by atoms with Crippen LogP contribution in [0.2, 0.25) is 0 Å². The Labute approximate surface area is 135 Å². The summed E-state index contributed by atoms with van der Waals surface area (Å²) in [6.45, 7) is 14.5. The van der Waals surface area contributed by atoms with Gasteiger partial charge in [0.05, 0.1) is 0 Å². The SMILES string of the molecule is C=C/C=N\C(=N)N1CCC(NC(=O)OC(C)(C)C)CC1.CC.[HH]. The van der Waals surface area contributed by atoms with Crippen molar-refractivity contribution >= 4 is 18.3 Å². The third-order valence-corrected chi connectivity index (χ3v) is 2.82. The van der Waals surface area contributed by atoms with Gasteiger partial charge in [0, 0.05) is 26.8 Å². The number of hydrogen-bond donors (Lipinski definition) is 2. The zero-order valence-corrected chi connectivity index (χ0v) is 14.5. The van der Waals surface area contributed by atoms with Gasteiger partial charge in [-0.15, -0.1) is 0 Å². The molecule has 0 aromatic heterocycles. The summed E-state index contributed by atoms with van der Waals surface area (Å²) in [5, 5.41) is 10.6. The van der Waals surface area contributed by atoms with E-state index < -0.39 is 5.60 Å². The maximum atomic E-state index is 11.7. The summed E-state index contributed by atoms with van der Waals surface area (Å²) in [6, 6.07) is 0.0947. The number of piperidine rings is 1. The highest BCUT2D eigenvalue weighted by atomic mass is 16.6. The van der Waals surface area contributed by atoms with Crippen LogP contribution < -0.4 is 5.32 Å². The van der Waals surface area contributed by atoms with E-state index in [0.29, 0.717) is 13.1 Å². The van der Waals surface area contributed by atoms with Gasteiger partial charge in [0.15, 0.2) is 0 Å². The fourth-order valence-corrected chi connectivity index (χ4v) is 1.91. The van der Waals surface area contributed by atoms with Crippen LogP contribution in [0.4, 0.5) is 4.79 Å². The van der Waals surface area contributed by atoms with Crippen LogP contribution in [0.1, 0.15) is 48.9 Å². The van der Waals surface area contributed by atoms with Crippen LogP contribution in [0.5, 0.6) is 0 Å². The Balaban J connectivity index is 0. The summed E-state index contributed by atoms with van der Waals surface area (Å²) in [6.07, 6.45) is 4.24. The standard InChI is InChI=1S/C14H24N4O2.C2H6.H2/c1-5-8-16-12(15)18-9-6-11(7-10-18)17-13(19)20-14(2,3)4;1-2;/h5,8,11,15H,1,6-7,9-10H2,2-4H3,(H,17,19);1-2H3;1H/b15-12?,16-8-;;. The summed E-state index contributed by atoms with van der Waals surface area (Å²) < 4.78 is 5.23. The van der Waals surface area contributed by atoms with Gasteiger partial charge in [0.25, 0.3) is 0 Å². The maximum Gasteiger partial charge on any atom is 0.407 e. The summed E-state index contributed by atoms with van der Waals surface area (Å²) >= 11 is 0. The normalized spacial score (nSPS) is 15.8. The molecule has 0 radical (unpaired) electrons. The van der Waals surface area contributed by atoms with Gasteiger partial charge >= 0.3 is 6.09 Å². The van der Waals surface area contributed by atoms with E-state index in [1.165, 1.54) is 6.21 Å². The quantitative estimate of drug-likeness (QED) is 0.605. The predicted octanol–water partition coefficient (Wildman–Crippen LogP) is 3.44. The van der Waals surface area contributed by atoms with Crippen molar-refractivity contribution in [3.63, 3.8) is 0 Å². The minimum absolute atomic E-state index is 0. The fourth-order valence-electron chi connectivity index (χ4n) is 1.91. The van der Waals surface area contributed by atoms with Crippen molar-refractivity contribution in [2.24, 2.45) is 4.99 Å². The number of amides is 1. The number of hydrogen-bond acceptors (Lipinski definition) is 3. The third kappa shape index (κ3) is 8.44. The number of rotatable bonds is 2. The molecule has 0 saturated carbocycles. The molecule has 0 aromatic carbocycles. The van der Waals surface area contributed by atoms with Crippen molar-refractivity contribution in [1.29, 1.82) is 5.41 Å². The van der Waals surface area contributed by atoms with Crippen molar-refractivity contribution in [3.05, 3.63) is 12.7 Å². The lowest BCUT2D eigenvalue weighted by atomic mass is 10.1. The van der Waals surface area contributed by atoms with E-state index in [4.69, 9.17) is 10.1 Å². The lowest BCUT2D eigenvalue weighted by Gasteiger charge is -2.32. The molecule has 1 heterocycles. The molecule has 0 bridgehead atoms. The highest BCUT2D eigenvalue weighted by Crippen LogP contribution is 2.12. The largest absolute Gasteiger partial charge is 0.444 e. The first-order valence-electron chi connectivity index (χ1n) is 7.80. The van der Waals surface area contributed by atoms with E-state index in [1.807, 2.05) is 39.5 Å². The first-order chi connectivity index (χ1) is 10.3. The molecular weight excluding hydrogens is 280 g/mol. The highest BCUT2D eigenvalue weighted by Gasteiger charge is 2.24. The van der Waals surface area contributed by atoms with Crippen molar-refractivity contribution in [1.82, 2.24) is 10.2 Å². The number of carbonyl (C=O) groups is 1. The van der Waals surface area contributed by atoms with Crippen molar-refractivity contribution in [3.8, 4) is 0 Å². The second kappa shape index (κ2) is 9.97. The number of alkyl carbamates (subject to hydrolysis) is 1. The smallest absolute Gasteiger partial charge is 0.407 e. The average molecular weight is 312 g/mol. The maximum absolute atomic E-state index is 11.7. The number of nitrogens with one attached hydrogen (secondary N) is 2. The molecule has 0 aromatic rings. The van der Waals surface area contributed by atoms with E-state index in [2.05, 4.69) is 16.9 Å². The number of ether oxygens (including phenoxy) is 1.